The fourth-order valence-electron chi connectivity index (χ4n) is 2.09. The van der Waals surface area contributed by atoms with Crippen LogP contribution in [0.15, 0.2) is 59.5 Å². The number of nitrogens with one attached hydrogen (secondary N) is 1. The number of amides is 1. The highest BCUT2D eigenvalue weighted by Crippen LogP contribution is 2.16. The van der Waals surface area contributed by atoms with Gasteiger partial charge in [0, 0.05) is 19.7 Å². The Morgan fingerprint density at radius 1 is 1.00 bits per heavy atom. The van der Waals surface area contributed by atoms with E-state index in [9.17, 15) is 13.2 Å². The molecule has 0 fully saturated rings. The topological polar surface area (TPSA) is 66.5 Å². The smallest absolute Gasteiger partial charge is 0.251 e. The van der Waals surface area contributed by atoms with Gasteiger partial charge in [-0.2, -0.15) is 0 Å². The summed E-state index contributed by atoms with van der Waals surface area (Å²) in [5.41, 5.74) is 1.43. The molecule has 2 aromatic rings. The van der Waals surface area contributed by atoms with Gasteiger partial charge in [0.15, 0.2) is 0 Å². The molecule has 0 saturated carbocycles. The second-order valence-electron chi connectivity index (χ2n) is 5.42. The van der Waals surface area contributed by atoms with E-state index in [1.54, 1.807) is 0 Å². The lowest BCUT2D eigenvalue weighted by atomic mass is 10.1. The van der Waals surface area contributed by atoms with Crippen LogP contribution in [-0.2, 0) is 10.0 Å². The van der Waals surface area contributed by atoms with Crippen LogP contribution in [0.5, 0.6) is 0 Å². The summed E-state index contributed by atoms with van der Waals surface area (Å²) in [6.45, 7) is 1.90. The molecule has 0 aliphatic rings. The Bertz CT molecular complexity index is 769. The first-order chi connectivity index (χ1) is 10.8. The van der Waals surface area contributed by atoms with Gasteiger partial charge in [-0.25, -0.2) is 12.7 Å². The van der Waals surface area contributed by atoms with Gasteiger partial charge in [0.2, 0.25) is 10.0 Å². The van der Waals surface area contributed by atoms with Crippen LogP contribution in [-0.4, -0.2) is 32.7 Å². The Morgan fingerprint density at radius 3 is 2.09 bits per heavy atom. The summed E-state index contributed by atoms with van der Waals surface area (Å²) in [6.07, 6.45) is 0. The van der Waals surface area contributed by atoms with E-state index in [1.807, 2.05) is 37.3 Å². The molecule has 2 aromatic carbocycles. The van der Waals surface area contributed by atoms with Crippen molar-refractivity contribution in [1.82, 2.24) is 9.62 Å². The van der Waals surface area contributed by atoms with Gasteiger partial charge in [0.25, 0.3) is 5.91 Å². The predicted molar refractivity (Wildman–Crippen MR) is 89.6 cm³/mol. The average Bonchev–Trinajstić information content (AvgIpc) is 2.55. The summed E-state index contributed by atoms with van der Waals surface area (Å²) in [4.78, 5) is 12.4. The predicted octanol–water partition coefficient (Wildman–Crippen LogP) is 2.43. The minimum absolute atomic E-state index is 0.131. The summed E-state index contributed by atoms with van der Waals surface area (Å²) < 4.78 is 25.1. The van der Waals surface area contributed by atoms with E-state index in [0.29, 0.717) is 5.56 Å². The zero-order chi connectivity index (χ0) is 17.0. The molecular weight excluding hydrogens is 312 g/mol. The van der Waals surface area contributed by atoms with Crippen LogP contribution < -0.4 is 5.32 Å². The van der Waals surface area contributed by atoms with Crippen molar-refractivity contribution in [2.75, 3.05) is 14.1 Å². The molecule has 1 atom stereocenters. The third kappa shape index (κ3) is 3.97. The van der Waals surface area contributed by atoms with Gasteiger partial charge < -0.3 is 5.32 Å². The van der Waals surface area contributed by atoms with Crippen LogP contribution >= 0.6 is 0 Å². The van der Waals surface area contributed by atoms with Gasteiger partial charge in [0.05, 0.1) is 10.9 Å². The Labute approximate surface area is 137 Å². The van der Waals surface area contributed by atoms with E-state index in [0.717, 1.165) is 9.87 Å². The molecule has 0 aliphatic heterocycles. The van der Waals surface area contributed by atoms with Crippen LogP contribution in [0.2, 0.25) is 0 Å². The van der Waals surface area contributed by atoms with Crippen molar-refractivity contribution >= 4 is 15.9 Å². The maximum absolute atomic E-state index is 12.3. The number of benzene rings is 2. The normalized spacial score (nSPS) is 12.9. The van der Waals surface area contributed by atoms with E-state index in [-0.39, 0.29) is 16.8 Å². The van der Waals surface area contributed by atoms with Crippen LogP contribution in [0.25, 0.3) is 0 Å². The third-order valence-corrected chi connectivity index (χ3v) is 5.37. The maximum atomic E-state index is 12.3. The minimum Gasteiger partial charge on any atom is -0.346 e. The summed E-state index contributed by atoms with van der Waals surface area (Å²) in [7, 11) is -0.544. The molecule has 23 heavy (non-hydrogen) atoms. The van der Waals surface area contributed by atoms with Crippen LogP contribution in [0.1, 0.15) is 28.9 Å². The van der Waals surface area contributed by atoms with E-state index in [1.165, 1.54) is 38.4 Å². The van der Waals surface area contributed by atoms with Gasteiger partial charge in [-0.15, -0.1) is 0 Å². The van der Waals surface area contributed by atoms with E-state index < -0.39 is 10.0 Å². The molecular formula is C17H20N2O3S. The molecule has 6 heteroatoms. The Balaban J connectivity index is 2.12. The maximum Gasteiger partial charge on any atom is 0.251 e. The molecule has 0 radical (unpaired) electrons. The first kappa shape index (κ1) is 17.2. The summed E-state index contributed by atoms with van der Waals surface area (Å²) in [5, 5.41) is 2.89. The summed E-state index contributed by atoms with van der Waals surface area (Å²) >= 11 is 0. The Kier molecular flexibility index (Phi) is 5.18. The molecule has 0 bridgehead atoms. The van der Waals surface area contributed by atoms with Crippen molar-refractivity contribution in [2.24, 2.45) is 0 Å². The highest BCUT2D eigenvalue weighted by molar-refractivity contribution is 7.89. The monoisotopic (exact) mass is 332 g/mol. The number of hydrogen-bond acceptors (Lipinski definition) is 3. The Morgan fingerprint density at radius 2 is 1.57 bits per heavy atom. The Hall–Kier alpha value is -2.18. The molecule has 5 nitrogen and oxygen atoms in total. The fourth-order valence-corrected chi connectivity index (χ4v) is 3.00. The standard InChI is InChI=1S/C17H20N2O3S/c1-13(14-7-5-4-6-8-14)18-17(20)15-9-11-16(12-10-15)23(21,22)19(2)3/h4-13H,1-3H3,(H,18,20)/t13-/m1/s1. The number of sulfonamides is 1. The minimum atomic E-state index is -3.48. The molecule has 0 aliphatic carbocycles. The second kappa shape index (κ2) is 6.93. The summed E-state index contributed by atoms with van der Waals surface area (Å²) in [6, 6.07) is 15.4. The number of nitrogens with zero attached hydrogens (tertiary/aromatic N) is 1. The quantitative estimate of drug-likeness (QED) is 0.914. The highest BCUT2D eigenvalue weighted by atomic mass is 32.2. The second-order valence-corrected chi connectivity index (χ2v) is 7.57. The molecule has 0 aromatic heterocycles. The lowest BCUT2D eigenvalue weighted by molar-refractivity contribution is 0.0940. The van der Waals surface area contributed by atoms with Crippen molar-refractivity contribution < 1.29 is 13.2 Å². The SMILES string of the molecule is C[C@@H](NC(=O)c1ccc(S(=O)(=O)N(C)C)cc1)c1ccccc1. The molecule has 122 valence electrons. The number of carbonyl (C=O) groups excluding carboxylic acids is 1. The van der Waals surface area contributed by atoms with Crippen molar-refractivity contribution in [3.8, 4) is 0 Å². The number of carbonyl (C=O) groups is 1. The molecule has 0 heterocycles. The van der Waals surface area contributed by atoms with Gasteiger partial charge in [-0.3, -0.25) is 4.79 Å². The zero-order valence-electron chi connectivity index (χ0n) is 13.4. The third-order valence-electron chi connectivity index (χ3n) is 3.54. The van der Waals surface area contributed by atoms with E-state index in [4.69, 9.17) is 0 Å². The van der Waals surface area contributed by atoms with Crippen LogP contribution in [0.3, 0.4) is 0 Å². The largest absolute Gasteiger partial charge is 0.346 e. The van der Waals surface area contributed by atoms with Crippen LogP contribution in [0.4, 0.5) is 0 Å². The molecule has 0 unspecified atom stereocenters. The fraction of sp³-hybridized carbons (Fsp3) is 0.235. The lowest BCUT2D eigenvalue weighted by Crippen LogP contribution is -2.27. The van der Waals surface area contributed by atoms with Crippen molar-refractivity contribution in [1.29, 1.82) is 0 Å². The molecule has 0 spiro atoms. The molecule has 1 amide bonds. The van der Waals surface area contributed by atoms with E-state index in [2.05, 4.69) is 5.32 Å². The summed E-state index contributed by atoms with van der Waals surface area (Å²) in [5.74, 6) is -0.241. The van der Waals surface area contributed by atoms with Gasteiger partial charge in [0.1, 0.15) is 0 Å². The first-order valence-electron chi connectivity index (χ1n) is 7.21. The zero-order valence-corrected chi connectivity index (χ0v) is 14.2. The average molecular weight is 332 g/mol. The molecule has 0 saturated heterocycles. The van der Waals surface area contributed by atoms with Gasteiger partial charge >= 0.3 is 0 Å². The molecule has 1 N–H and O–H groups in total. The van der Waals surface area contributed by atoms with Crippen molar-refractivity contribution in [3.63, 3.8) is 0 Å². The number of rotatable bonds is 5. The lowest BCUT2D eigenvalue weighted by Gasteiger charge is -2.15. The van der Waals surface area contributed by atoms with Gasteiger partial charge in [-0.05, 0) is 36.8 Å². The number of hydrogen-bond donors (Lipinski definition) is 1. The molecule has 2 rings (SSSR count). The van der Waals surface area contributed by atoms with E-state index >= 15 is 0 Å². The highest BCUT2D eigenvalue weighted by Gasteiger charge is 2.18. The first-order valence-corrected chi connectivity index (χ1v) is 8.65. The van der Waals surface area contributed by atoms with Crippen LogP contribution in [0, 0.1) is 0 Å². The van der Waals surface area contributed by atoms with Crippen molar-refractivity contribution in [3.05, 3.63) is 65.7 Å². The van der Waals surface area contributed by atoms with Gasteiger partial charge in [-0.1, -0.05) is 30.3 Å². The van der Waals surface area contributed by atoms with Crippen molar-refractivity contribution in [2.45, 2.75) is 17.9 Å².